The highest BCUT2D eigenvalue weighted by Gasteiger charge is 2.11. The number of hydrogen-bond acceptors (Lipinski definition) is 6. The molecule has 2 N–H and O–H groups in total. The quantitative estimate of drug-likeness (QED) is 0.568. The van der Waals surface area contributed by atoms with Crippen LogP contribution in [0.3, 0.4) is 0 Å². The first-order valence-corrected chi connectivity index (χ1v) is 4.96. The van der Waals surface area contributed by atoms with Crippen LogP contribution in [0.15, 0.2) is 6.20 Å². The van der Waals surface area contributed by atoms with E-state index in [1.807, 2.05) is 14.0 Å². The predicted octanol–water partition coefficient (Wildman–Crippen LogP) is 1.07. The van der Waals surface area contributed by atoms with E-state index in [0.717, 1.165) is 11.3 Å². The summed E-state index contributed by atoms with van der Waals surface area (Å²) in [6.45, 7) is 2.70. The number of thiazole rings is 1. The van der Waals surface area contributed by atoms with Crippen molar-refractivity contribution in [1.29, 1.82) is 0 Å². The lowest BCUT2D eigenvalue weighted by atomic mass is 10.3. The van der Waals surface area contributed by atoms with Crippen molar-refractivity contribution in [2.75, 3.05) is 18.9 Å². The number of likely N-dealkylation sites (N-methyl/N-ethyl adjacent to an activating group) is 1. The van der Waals surface area contributed by atoms with Gasteiger partial charge in [-0.2, -0.15) is 0 Å². The summed E-state index contributed by atoms with van der Waals surface area (Å²) >= 11 is 1.04. The van der Waals surface area contributed by atoms with Crippen LogP contribution in [0.5, 0.6) is 0 Å². The minimum Gasteiger partial charge on any atom is -0.360 e. The summed E-state index contributed by atoms with van der Waals surface area (Å²) < 4.78 is 0. The molecule has 1 heterocycles. The van der Waals surface area contributed by atoms with Gasteiger partial charge in [0, 0.05) is 12.6 Å². The van der Waals surface area contributed by atoms with Crippen molar-refractivity contribution in [3.05, 3.63) is 16.3 Å². The van der Waals surface area contributed by atoms with Crippen molar-refractivity contribution >= 4 is 21.5 Å². The van der Waals surface area contributed by atoms with E-state index in [1.165, 1.54) is 6.20 Å². The van der Waals surface area contributed by atoms with Gasteiger partial charge in [0.05, 0.1) is 4.92 Å². The van der Waals surface area contributed by atoms with Crippen LogP contribution >= 0.6 is 11.3 Å². The summed E-state index contributed by atoms with van der Waals surface area (Å²) in [5.74, 6) is 0. The maximum Gasteiger partial charge on any atom is 0.345 e. The van der Waals surface area contributed by atoms with Crippen LogP contribution in [-0.4, -0.2) is 29.5 Å². The molecule has 0 radical (unpaired) electrons. The second kappa shape index (κ2) is 4.87. The van der Waals surface area contributed by atoms with Crippen molar-refractivity contribution in [3.63, 3.8) is 0 Å². The smallest absolute Gasteiger partial charge is 0.345 e. The molecule has 0 aliphatic carbocycles. The number of nitrogens with one attached hydrogen (secondary N) is 2. The molecule has 78 valence electrons. The first kappa shape index (κ1) is 10.9. The van der Waals surface area contributed by atoms with E-state index in [2.05, 4.69) is 15.6 Å². The molecule has 1 aromatic rings. The number of anilines is 1. The summed E-state index contributed by atoms with van der Waals surface area (Å²) in [6.07, 6.45) is 1.26. The Morgan fingerprint density at radius 2 is 2.50 bits per heavy atom. The molecular weight excluding hydrogens is 204 g/mol. The van der Waals surface area contributed by atoms with Crippen LogP contribution in [0.1, 0.15) is 6.92 Å². The molecule has 1 unspecified atom stereocenters. The zero-order chi connectivity index (χ0) is 10.6. The molecule has 0 spiro atoms. The second-order valence-corrected chi connectivity index (χ2v) is 3.84. The number of nitrogens with zero attached hydrogens (tertiary/aromatic N) is 2. The zero-order valence-electron chi connectivity index (χ0n) is 7.98. The third-order valence-electron chi connectivity index (χ3n) is 1.73. The minimum absolute atomic E-state index is 0.0598. The SMILES string of the molecule is CNC(C)CNc1ncc([N+](=O)[O-])s1. The van der Waals surface area contributed by atoms with Crippen molar-refractivity contribution in [3.8, 4) is 0 Å². The predicted molar refractivity (Wildman–Crippen MR) is 55.8 cm³/mol. The highest BCUT2D eigenvalue weighted by Crippen LogP contribution is 2.24. The van der Waals surface area contributed by atoms with Crippen LogP contribution in [-0.2, 0) is 0 Å². The molecule has 0 fully saturated rings. The van der Waals surface area contributed by atoms with E-state index in [9.17, 15) is 10.1 Å². The van der Waals surface area contributed by atoms with Gasteiger partial charge in [0.1, 0.15) is 6.20 Å². The van der Waals surface area contributed by atoms with Gasteiger partial charge in [-0.25, -0.2) is 4.98 Å². The summed E-state index contributed by atoms with van der Waals surface area (Å²) in [4.78, 5) is 13.8. The Bertz CT molecular complexity index is 314. The lowest BCUT2D eigenvalue weighted by Gasteiger charge is -2.09. The molecule has 0 aliphatic rings. The van der Waals surface area contributed by atoms with E-state index >= 15 is 0 Å². The van der Waals surface area contributed by atoms with E-state index < -0.39 is 4.92 Å². The van der Waals surface area contributed by atoms with Crippen molar-refractivity contribution in [2.24, 2.45) is 0 Å². The monoisotopic (exact) mass is 216 g/mol. The first-order valence-electron chi connectivity index (χ1n) is 4.15. The maximum atomic E-state index is 10.3. The first-order chi connectivity index (χ1) is 6.63. The van der Waals surface area contributed by atoms with Crippen molar-refractivity contribution in [1.82, 2.24) is 10.3 Å². The fourth-order valence-electron chi connectivity index (χ4n) is 0.774. The molecule has 1 atom stereocenters. The average molecular weight is 216 g/mol. The topological polar surface area (TPSA) is 80.1 Å². The molecule has 6 nitrogen and oxygen atoms in total. The van der Waals surface area contributed by atoms with E-state index in [0.29, 0.717) is 17.7 Å². The number of aromatic nitrogens is 1. The molecule has 0 aliphatic heterocycles. The van der Waals surface area contributed by atoms with Gasteiger partial charge >= 0.3 is 5.00 Å². The Hall–Kier alpha value is -1.21. The van der Waals surface area contributed by atoms with E-state index in [-0.39, 0.29) is 5.00 Å². The normalized spacial score (nSPS) is 12.4. The molecule has 1 aromatic heterocycles. The molecule has 14 heavy (non-hydrogen) atoms. The Morgan fingerprint density at radius 1 is 1.79 bits per heavy atom. The van der Waals surface area contributed by atoms with E-state index in [4.69, 9.17) is 0 Å². The van der Waals surface area contributed by atoms with Crippen LogP contribution in [0.25, 0.3) is 0 Å². The molecule has 0 bridgehead atoms. The maximum absolute atomic E-state index is 10.3. The van der Waals surface area contributed by atoms with E-state index in [1.54, 1.807) is 0 Å². The van der Waals surface area contributed by atoms with Crippen LogP contribution < -0.4 is 10.6 Å². The van der Waals surface area contributed by atoms with Crippen molar-refractivity contribution in [2.45, 2.75) is 13.0 Å². The summed E-state index contributed by atoms with van der Waals surface area (Å²) in [7, 11) is 1.86. The number of hydrogen-bond donors (Lipinski definition) is 2. The zero-order valence-corrected chi connectivity index (χ0v) is 8.80. The van der Waals surface area contributed by atoms with Gasteiger partial charge in [-0.05, 0) is 25.3 Å². The minimum atomic E-state index is -0.440. The highest BCUT2D eigenvalue weighted by atomic mass is 32.1. The molecule has 0 saturated heterocycles. The standard InChI is InChI=1S/C7H12N4O2S/c1-5(8-2)3-9-7-10-4-6(14-7)11(12)13/h4-5,8H,3H2,1-2H3,(H,9,10). The third kappa shape index (κ3) is 2.93. The van der Waals surface area contributed by atoms with Crippen LogP contribution in [0, 0.1) is 10.1 Å². The van der Waals surface area contributed by atoms with Gasteiger partial charge in [0.25, 0.3) is 0 Å². The Morgan fingerprint density at radius 3 is 3.00 bits per heavy atom. The summed E-state index contributed by atoms with van der Waals surface area (Å²) in [5, 5.41) is 17.0. The van der Waals surface area contributed by atoms with Gasteiger partial charge in [-0.15, -0.1) is 0 Å². The number of rotatable bonds is 5. The lowest BCUT2D eigenvalue weighted by molar-refractivity contribution is -0.380. The van der Waals surface area contributed by atoms with Gasteiger partial charge in [-0.1, -0.05) is 0 Å². The third-order valence-corrected chi connectivity index (χ3v) is 2.63. The van der Waals surface area contributed by atoms with Crippen LogP contribution in [0.4, 0.5) is 10.1 Å². The number of nitro groups is 1. The van der Waals surface area contributed by atoms with Gasteiger partial charge in [0.15, 0.2) is 5.13 Å². The fourth-order valence-corrected chi connectivity index (χ4v) is 1.41. The average Bonchev–Trinajstić information content (AvgIpc) is 2.62. The molecule has 0 amide bonds. The Kier molecular flexibility index (Phi) is 3.78. The highest BCUT2D eigenvalue weighted by molar-refractivity contribution is 7.18. The van der Waals surface area contributed by atoms with Crippen molar-refractivity contribution < 1.29 is 4.92 Å². The van der Waals surface area contributed by atoms with Gasteiger partial charge < -0.3 is 10.6 Å². The summed E-state index contributed by atoms with van der Waals surface area (Å²) in [6, 6.07) is 0.304. The fraction of sp³-hybridized carbons (Fsp3) is 0.571. The Labute approximate surface area is 85.5 Å². The molecule has 0 aromatic carbocycles. The van der Waals surface area contributed by atoms with Gasteiger partial charge in [0.2, 0.25) is 0 Å². The van der Waals surface area contributed by atoms with Crippen LogP contribution in [0.2, 0.25) is 0 Å². The molecule has 7 heteroatoms. The molecular formula is C7H12N4O2S. The Balaban J connectivity index is 2.48. The molecule has 1 rings (SSSR count). The molecule has 0 saturated carbocycles. The second-order valence-electron chi connectivity index (χ2n) is 2.83. The largest absolute Gasteiger partial charge is 0.360 e. The lowest BCUT2D eigenvalue weighted by Crippen LogP contribution is -2.29. The van der Waals surface area contributed by atoms with Gasteiger partial charge in [-0.3, -0.25) is 10.1 Å². The summed E-state index contributed by atoms with van der Waals surface area (Å²) in [5.41, 5.74) is 0.